The van der Waals surface area contributed by atoms with Gasteiger partial charge in [0.2, 0.25) is 0 Å². The van der Waals surface area contributed by atoms with E-state index in [2.05, 4.69) is 26.5 Å². The summed E-state index contributed by atoms with van der Waals surface area (Å²) < 4.78 is 133. The van der Waals surface area contributed by atoms with Gasteiger partial charge in [0, 0.05) is 32.4 Å². The first kappa shape index (κ1) is 41.1. The van der Waals surface area contributed by atoms with Crippen molar-refractivity contribution in [2.75, 3.05) is 67.2 Å². The predicted molar refractivity (Wildman–Crippen MR) is 135 cm³/mol. The van der Waals surface area contributed by atoms with Crippen LogP contribution in [0.4, 0.5) is 26.3 Å². The summed E-state index contributed by atoms with van der Waals surface area (Å²) in [4.78, 5) is 11.7. The molecule has 0 radical (unpaired) electrons. The molecule has 0 heterocycles. The number of esters is 1. The number of hydrogen-bond acceptors (Lipinski definition) is 10. The van der Waals surface area contributed by atoms with E-state index in [1.807, 2.05) is 20.8 Å². The molecular weight excluding hydrogens is 620 g/mol. The fourth-order valence-corrected chi connectivity index (χ4v) is 6.79. The summed E-state index contributed by atoms with van der Waals surface area (Å²) in [5.74, 6) is -0.150. The fraction of sp³-hybridized carbons (Fsp3) is 0.947. The van der Waals surface area contributed by atoms with Crippen LogP contribution in [0.15, 0.2) is 0 Å². The maximum absolute atomic E-state index is 11.7. The number of carbonyl (C=O) groups excluding carboxylic acids is 1. The minimum atomic E-state index is -6.72. The van der Waals surface area contributed by atoms with Gasteiger partial charge in [0.05, 0.1) is 27.6 Å². The average molecular weight is 660 g/mol. The van der Waals surface area contributed by atoms with Crippen LogP contribution in [-0.4, -0.2) is 114 Å². The van der Waals surface area contributed by atoms with E-state index < -0.39 is 39.9 Å². The standard InChI is InChI=1S/C17H39N2O5Si.C2F6NO4S2/c1-7-22-25(23-8-2,24-9-3)16-10-12-18-13-11-17(20)21-15-14-19(4,5)6;3-1(4,5)14(10,11)9-15(12,13)2(6,7)8/h18H,7-16H2,1-6H3;/q+1;-1. The van der Waals surface area contributed by atoms with Crippen molar-refractivity contribution in [2.24, 2.45) is 0 Å². The molecule has 0 rings (SSSR count). The number of nitrogens with one attached hydrogen (secondary N) is 1. The summed E-state index contributed by atoms with van der Waals surface area (Å²) in [5.41, 5.74) is -12.4. The Morgan fingerprint density at radius 3 is 1.60 bits per heavy atom. The molecule has 0 fully saturated rings. The molecule has 0 saturated carbocycles. The number of nitrogens with zero attached hydrogens (tertiary/aromatic N) is 2. The Morgan fingerprint density at radius 1 is 0.825 bits per heavy atom. The molecule has 0 spiro atoms. The van der Waals surface area contributed by atoms with Crippen LogP contribution >= 0.6 is 0 Å². The first-order valence-corrected chi connectivity index (χ1v) is 16.8. The molecule has 0 aromatic rings. The summed E-state index contributed by atoms with van der Waals surface area (Å²) in [5, 5.41) is 3.27. The van der Waals surface area contributed by atoms with Crippen molar-refractivity contribution in [1.82, 2.24) is 5.32 Å². The molecule has 0 bridgehead atoms. The van der Waals surface area contributed by atoms with Gasteiger partial charge in [-0.05, 0) is 33.7 Å². The highest BCUT2D eigenvalue weighted by Crippen LogP contribution is 2.36. The smallest absolute Gasteiger partial charge is 0.460 e. The molecule has 242 valence electrons. The molecule has 0 amide bonds. The molecule has 1 N–H and O–H groups in total. The van der Waals surface area contributed by atoms with Gasteiger partial charge in [0.15, 0.2) is 20.0 Å². The van der Waals surface area contributed by atoms with Gasteiger partial charge in [0.1, 0.15) is 13.2 Å². The van der Waals surface area contributed by atoms with Gasteiger partial charge in [-0.25, -0.2) is 16.8 Å². The Labute approximate surface area is 232 Å². The van der Waals surface area contributed by atoms with Crippen LogP contribution in [0.25, 0.3) is 4.13 Å². The van der Waals surface area contributed by atoms with E-state index in [4.69, 9.17) is 18.0 Å². The summed E-state index contributed by atoms with van der Waals surface area (Å²) in [7, 11) is -9.76. The maximum Gasteiger partial charge on any atom is 0.500 e. The number of carbonyl (C=O) groups is 1. The molecule has 0 aliphatic rings. The Morgan fingerprint density at radius 2 is 1.25 bits per heavy atom. The normalized spacial score (nSPS) is 13.5. The van der Waals surface area contributed by atoms with E-state index >= 15 is 0 Å². The molecule has 40 heavy (non-hydrogen) atoms. The van der Waals surface area contributed by atoms with E-state index in [9.17, 15) is 48.0 Å². The number of alkyl halides is 6. The Balaban J connectivity index is 0. The topological polar surface area (TPSA) is 148 Å². The third kappa shape index (κ3) is 17.7. The molecule has 0 unspecified atom stereocenters. The molecule has 0 atom stereocenters. The van der Waals surface area contributed by atoms with Gasteiger partial charge >= 0.3 is 25.8 Å². The van der Waals surface area contributed by atoms with E-state index in [1.165, 1.54) is 0 Å². The van der Waals surface area contributed by atoms with E-state index in [-0.39, 0.29) is 5.97 Å². The van der Waals surface area contributed by atoms with E-state index in [0.717, 1.165) is 34.2 Å². The van der Waals surface area contributed by atoms with Gasteiger partial charge in [-0.1, -0.05) is 0 Å². The Kier molecular flexibility index (Phi) is 18.3. The Bertz CT molecular complexity index is 886. The van der Waals surface area contributed by atoms with Crippen LogP contribution in [0.3, 0.4) is 0 Å². The number of sulfonamides is 2. The number of halogens is 6. The molecule has 0 aromatic carbocycles. The van der Waals surface area contributed by atoms with Crippen molar-refractivity contribution in [2.45, 2.75) is 50.7 Å². The first-order chi connectivity index (χ1) is 18.0. The van der Waals surface area contributed by atoms with Crippen LogP contribution in [0, 0.1) is 0 Å². The quantitative estimate of drug-likeness (QED) is 0.0766. The van der Waals surface area contributed by atoms with Crippen molar-refractivity contribution in [1.29, 1.82) is 0 Å². The van der Waals surface area contributed by atoms with Gasteiger partial charge in [-0.3, -0.25) is 4.79 Å². The summed E-state index contributed by atoms with van der Waals surface area (Å²) in [6.45, 7) is 10.4. The minimum absolute atomic E-state index is 0.150. The molecule has 0 aliphatic carbocycles. The predicted octanol–water partition coefficient (Wildman–Crippen LogP) is 2.71. The number of ether oxygens (including phenoxy) is 1. The first-order valence-electron chi connectivity index (χ1n) is 11.9. The molecule has 0 aliphatic heterocycles. The van der Waals surface area contributed by atoms with Crippen LogP contribution in [0.1, 0.15) is 33.6 Å². The SMILES string of the molecule is CCO[Si](CCCNCCC(=O)OCC[N+](C)(C)C)(OCC)OCC.O=S(=O)([N-]S(=O)(=O)C(F)(F)F)C(F)(F)F. The third-order valence-corrected chi connectivity index (χ3v) is 10.1. The van der Waals surface area contributed by atoms with Crippen molar-refractivity contribution in [3.63, 3.8) is 0 Å². The fourth-order valence-electron chi connectivity index (χ4n) is 2.47. The minimum Gasteiger partial charge on any atom is -0.460 e. The van der Waals surface area contributed by atoms with Crippen molar-refractivity contribution < 1.29 is 70.5 Å². The lowest BCUT2D eigenvalue weighted by Gasteiger charge is -2.28. The molecule has 12 nitrogen and oxygen atoms in total. The van der Waals surface area contributed by atoms with E-state index in [1.54, 1.807) is 0 Å². The van der Waals surface area contributed by atoms with Crippen LogP contribution in [-0.2, 0) is 42.9 Å². The van der Waals surface area contributed by atoms with Crippen molar-refractivity contribution in [3.8, 4) is 0 Å². The lowest BCUT2D eigenvalue weighted by Crippen LogP contribution is -2.46. The highest BCUT2D eigenvalue weighted by molar-refractivity contribution is 8.13. The second kappa shape index (κ2) is 17.8. The zero-order valence-electron chi connectivity index (χ0n) is 23.2. The maximum atomic E-state index is 11.7. The summed E-state index contributed by atoms with van der Waals surface area (Å²) >= 11 is 0. The lowest BCUT2D eigenvalue weighted by molar-refractivity contribution is -0.870. The lowest BCUT2D eigenvalue weighted by atomic mass is 10.4. The number of hydrogen-bond donors (Lipinski definition) is 1. The zero-order valence-corrected chi connectivity index (χ0v) is 25.9. The van der Waals surface area contributed by atoms with Crippen molar-refractivity contribution >= 4 is 34.8 Å². The largest absolute Gasteiger partial charge is 0.500 e. The number of likely N-dealkylation sites (N-methyl/N-ethyl adjacent to an activating group) is 1. The summed E-state index contributed by atoms with van der Waals surface area (Å²) in [6.07, 6.45) is 1.28. The number of rotatable bonds is 18. The number of quaternary nitrogens is 1. The molecule has 21 heteroatoms. The second-order valence-corrected chi connectivity index (χ2v) is 14.9. The molecule has 0 aromatic heterocycles. The van der Waals surface area contributed by atoms with Crippen molar-refractivity contribution in [3.05, 3.63) is 4.13 Å². The Hall–Kier alpha value is -1.07. The van der Waals surface area contributed by atoms with Gasteiger partial charge in [0.25, 0.3) is 0 Å². The average Bonchev–Trinajstić information content (AvgIpc) is 2.74. The highest BCUT2D eigenvalue weighted by atomic mass is 32.3. The molecular formula is C19H39F6N3O9S2Si. The second-order valence-electron chi connectivity index (χ2n) is 8.74. The van der Waals surface area contributed by atoms with Crippen LogP contribution < -0.4 is 5.32 Å². The zero-order chi connectivity index (χ0) is 31.9. The third-order valence-electron chi connectivity index (χ3n) is 4.24. The molecule has 0 saturated heterocycles. The van der Waals surface area contributed by atoms with Crippen LogP contribution in [0.5, 0.6) is 0 Å². The summed E-state index contributed by atoms with van der Waals surface area (Å²) in [6, 6.07) is 0.781. The van der Waals surface area contributed by atoms with Gasteiger partial charge < -0.3 is 31.9 Å². The highest BCUT2D eigenvalue weighted by Gasteiger charge is 2.47. The van der Waals surface area contributed by atoms with Gasteiger partial charge in [-0.15, -0.1) is 0 Å². The van der Waals surface area contributed by atoms with Gasteiger partial charge in [-0.2, -0.15) is 26.3 Å². The van der Waals surface area contributed by atoms with Crippen LogP contribution in [0.2, 0.25) is 6.04 Å². The monoisotopic (exact) mass is 659 g/mol. The van der Waals surface area contributed by atoms with E-state index in [0.29, 0.717) is 39.4 Å².